The van der Waals surface area contributed by atoms with Gasteiger partial charge in [-0.05, 0) is 25.0 Å². The van der Waals surface area contributed by atoms with Crippen LogP contribution in [0.15, 0.2) is 30.3 Å². The number of hydrogen-bond donors (Lipinski definition) is 2. The minimum absolute atomic E-state index is 0.116. The van der Waals surface area contributed by atoms with E-state index < -0.39 is 11.6 Å². The first-order valence-electron chi connectivity index (χ1n) is 9.10. The van der Waals surface area contributed by atoms with E-state index in [1.165, 1.54) is 6.92 Å². The molecular weight excluding hydrogens is 350 g/mol. The first-order valence-corrected chi connectivity index (χ1v) is 9.10. The first kappa shape index (κ1) is 19.2. The van der Waals surface area contributed by atoms with Gasteiger partial charge >= 0.3 is 0 Å². The van der Waals surface area contributed by atoms with Crippen molar-refractivity contribution in [2.45, 2.75) is 31.3 Å². The molecule has 2 fully saturated rings. The molecule has 0 aliphatic carbocycles. The molecule has 0 radical (unpaired) electrons. The van der Waals surface area contributed by atoms with Crippen molar-refractivity contribution in [3.63, 3.8) is 0 Å². The lowest BCUT2D eigenvalue weighted by atomic mass is 9.89. The summed E-state index contributed by atoms with van der Waals surface area (Å²) in [6, 6.07) is 8.30. The predicted octanol–water partition coefficient (Wildman–Crippen LogP) is 0.0777. The second-order valence-electron chi connectivity index (χ2n) is 7.01. The molecule has 8 heteroatoms. The Morgan fingerprint density at radius 3 is 2.67 bits per heavy atom. The molecule has 1 atom stereocenters. The molecule has 3 amide bonds. The molecule has 1 aromatic rings. The summed E-state index contributed by atoms with van der Waals surface area (Å²) in [6.07, 6.45) is 1.24. The topological polar surface area (TPSA) is 97.0 Å². The Morgan fingerprint density at radius 2 is 2.00 bits per heavy atom. The van der Waals surface area contributed by atoms with Gasteiger partial charge in [-0.2, -0.15) is 0 Å². The molecule has 1 spiro atoms. The van der Waals surface area contributed by atoms with E-state index in [9.17, 15) is 14.4 Å². The summed E-state index contributed by atoms with van der Waals surface area (Å²) in [5.41, 5.74) is -0.537. The van der Waals surface area contributed by atoms with Crippen LogP contribution in [0, 0.1) is 0 Å². The van der Waals surface area contributed by atoms with E-state index in [4.69, 9.17) is 9.47 Å². The summed E-state index contributed by atoms with van der Waals surface area (Å²) in [4.78, 5) is 38.5. The number of hydrogen-bond acceptors (Lipinski definition) is 5. The Morgan fingerprint density at radius 1 is 1.30 bits per heavy atom. The Labute approximate surface area is 158 Å². The van der Waals surface area contributed by atoms with Crippen LogP contribution in [0.5, 0.6) is 5.75 Å². The van der Waals surface area contributed by atoms with E-state index in [0.29, 0.717) is 38.3 Å². The second-order valence-corrected chi connectivity index (χ2v) is 7.01. The van der Waals surface area contributed by atoms with Crippen LogP contribution in [0.2, 0.25) is 0 Å². The number of carbonyl (C=O) groups excluding carboxylic acids is 3. The molecule has 8 nitrogen and oxygen atoms in total. The average molecular weight is 375 g/mol. The minimum atomic E-state index is -0.787. The molecule has 2 aliphatic rings. The van der Waals surface area contributed by atoms with Crippen molar-refractivity contribution < 1.29 is 23.9 Å². The molecular formula is C19H25N3O5. The maximum Gasteiger partial charge on any atom is 0.260 e. The summed E-state index contributed by atoms with van der Waals surface area (Å²) in [5.74, 6) is -0.206. The van der Waals surface area contributed by atoms with E-state index in [1.54, 1.807) is 17.0 Å². The Balaban J connectivity index is 1.74. The lowest BCUT2D eigenvalue weighted by molar-refractivity contribution is -0.135. The molecule has 2 saturated heterocycles. The van der Waals surface area contributed by atoms with Crippen LogP contribution in [0.3, 0.4) is 0 Å². The van der Waals surface area contributed by atoms with Crippen molar-refractivity contribution in [1.29, 1.82) is 0 Å². The van der Waals surface area contributed by atoms with Crippen LogP contribution >= 0.6 is 0 Å². The van der Waals surface area contributed by atoms with E-state index in [0.717, 1.165) is 0 Å². The third-order valence-corrected chi connectivity index (χ3v) is 4.89. The van der Waals surface area contributed by atoms with Crippen LogP contribution in [-0.2, 0) is 19.1 Å². The van der Waals surface area contributed by atoms with E-state index in [2.05, 4.69) is 10.6 Å². The number of rotatable bonds is 4. The summed E-state index contributed by atoms with van der Waals surface area (Å²) in [6.45, 7) is 2.76. The van der Waals surface area contributed by atoms with E-state index in [-0.39, 0.29) is 30.9 Å². The van der Waals surface area contributed by atoms with Crippen LogP contribution in [0.1, 0.15) is 19.8 Å². The van der Waals surface area contributed by atoms with Gasteiger partial charge in [-0.3, -0.25) is 14.4 Å². The lowest BCUT2D eigenvalue weighted by Crippen LogP contribution is -2.58. The summed E-state index contributed by atoms with van der Waals surface area (Å²) in [5, 5.41) is 5.68. The molecule has 1 unspecified atom stereocenters. The quantitative estimate of drug-likeness (QED) is 0.777. The van der Waals surface area contributed by atoms with Gasteiger partial charge in [0.05, 0.1) is 12.1 Å². The fourth-order valence-electron chi connectivity index (χ4n) is 3.47. The van der Waals surface area contributed by atoms with Crippen LogP contribution in [0.4, 0.5) is 0 Å². The van der Waals surface area contributed by atoms with Gasteiger partial charge in [-0.25, -0.2) is 0 Å². The number of benzene rings is 1. The zero-order valence-corrected chi connectivity index (χ0v) is 15.4. The number of carbonyl (C=O) groups is 3. The van der Waals surface area contributed by atoms with Crippen molar-refractivity contribution in [3.05, 3.63) is 30.3 Å². The third-order valence-electron chi connectivity index (χ3n) is 4.89. The zero-order valence-electron chi connectivity index (χ0n) is 15.4. The molecule has 0 saturated carbocycles. The summed E-state index contributed by atoms with van der Waals surface area (Å²) < 4.78 is 11.0. The van der Waals surface area contributed by atoms with Gasteiger partial charge in [-0.15, -0.1) is 0 Å². The largest absolute Gasteiger partial charge is 0.484 e. The number of nitrogens with one attached hydrogen (secondary N) is 2. The number of ether oxygens (including phenoxy) is 2. The highest BCUT2D eigenvalue weighted by Crippen LogP contribution is 2.25. The number of para-hydroxylation sites is 1. The van der Waals surface area contributed by atoms with Crippen molar-refractivity contribution >= 4 is 17.7 Å². The molecule has 2 N–H and O–H groups in total. The average Bonchev–Trinajstić information content (AvgIpc) is 2.78. The Kier molecular flexibility index (Phi) is 5.95. The second kappa shape index (κ2) is 8.39. The molecule has 2 heterocycles. The Bertz CT molecular complexity index is 688. The predicted molar refractivity (Wildman–Crippen MR) is 97.0 cm³/mol. The number of amides is 3. The van der Waals surface area contributed by atoms with Crippen LogP contribution in [0.25, 0.3) is 0 Å². The van der Waals surface area contributed by atoms with Crippen LogP contribution in [-0.4, -0.2) is 67.1 Å². The first-order chi connectivity index (χ1) is 13.0. The van der Waals surface area contributed by atoms with Crippen LogP contribution < -0.4 is 15.4 Å². The monoisotopic (exact) mass is 375 g/mol. The highest BCUT2D eigenvalue weighted by molar-refractivity contribution is 5.89. The zero-order chi connectivity index (χ0) is 19.3. The SMILES string of the molecule is CC(=O)NC1CN(C(=O)COc2ccccc2)CC2(CCOCC2)NC1=O. The number of nitrogens with zero attached hydrogens (tertiary/aromatic N) is 1. The standard InChI is InChI=1S/C19H25N3O5/c1-14(23)20-16-11-22(17(24)12-27-15-5-3-2-4-6-15)13-19(21-18(16)25)7-9-26-10-8-19/h2-6,16H,7-13H2,1H3,(H,20,23)(H,21,25). The molecule has 2 aliphatic heterocycles. The fourth-order valence-corrected chi connectivity index (χ4v) is 3.47. The van der Waals surface area contributed by atoms with Crippen molar-refractivity contribution in [2.75, 3.05) is 32.9 Å². The van der Waals surface area contributed by atoms with Crippen molar-refractivity contribution in [1.82, 2.24) is 15.5 Å². The highest BCUT2D eigenvalue weighted by Gasteiger charge is 2.42. The Hall–Kier alpha value is -2.61. The van der Waals surface area contributed by atoms with Gasteiger partial charge < -0.3 is 25.0 Å². The summed E-state index contributed by atoms with van der Waals surface area (Å²) in [7, 11) is 0. The smallest absolute Gasteiger partial charge is 0.260 e. The van der Waals surface area contributed by atoms with Crippen molar-refractivity contribution in [3.8, 4) is 5.75 Å². The van der Waals surface area contributed by atoms with Gasteiger partial charge in [-0.1, -0.05) is 18.2 Å². The van der Waals surface area contributed by atoms with E-state index in [1.807, 2.05) is 18.2 Å². The molecule has 27 heavy (non-hydrogen) atoms. The minimum Gasteiger partial charge on any atom is -0.484 e. The maximum atomic E-state index is 12.8. The summed E-state index contributed by atoms with van der Waals surface area (Å²) >= 11 is 0. The fraction of sp³-hybridized carbons (Fsp3) is 0.526. The molecule has 0 aromatic heterocycles. The van der Waals surface area contributed by atoms with Gasteiger partial charge in [0.25, 0.3) is 5.91 Å². The molecule has 3 rings (SSSR count). The molecule has 0 bridgehead atoms. The third kappa shape index (κ3) is 4.97. The normalized spacial score (nSPS) is 21.9. The maximum absolute atomic E-state index is 12.8. The molecule has 146 valence electrons. The van der Waals surface area contributed by atoms with Gasteiger partial charge in [0, 0.05) is 26.7 Å². The molecule has 1 aromatic carbocycles. The van der Waals surface area contributed by atoms with Gasteiger partial charge in [0.2, 0.25) is 11.8 Å². The lowest BCUT2D eigenvalue weighted by Gasteiger charge is -2.39. The van der Waals surface area contributed by atoms with E-state index >= 15 is 0 Å². The van der Waals surface area contributed by atoms with Gasteiger partial charge in [0.1, 0.15) is 11.8 Å². The highest BCUT2D eigenvalue weighted by atomic mass is 16.5. The van der Waals surface area contributed by atoms with Crippen molar-refractivity contribution in [2.24, 2.45) is 0 Å². The van der Waals surface area contributed by atoms with Gasteiger partial charge in [0.15, 0.2) is 6.61 Å².